The van der Waals surface area contributed by atoms with E-state index in [1.807, 2.05) is 48.5 Å². The Bertz CT molecular complexity index is 1780. The fraction of sp³-hybridized carbons (Fsp3) is 0.389. The topological polar surface area (TPSA) is 175 Å². The lowest BCUT2D eigenvalue weighted by Gasteiger charge is -2.26. The maximum absolute atomic E-state index is 14.5. The molecule has 14 nitrogen and oxygen atoms in total. The summed E-state index contributed by atoms with van der Waals surface area (Å²) in [5.41, 5.74) is 5.02. The van der Waals surface area contributed by atoms with Crippen molar-refractivity contribution in [3.63, 3.8) is 0 Å². The van der Waals surface area contributed by atoms with Gasteiger partial charge in [-0.15, -0.1) is 0 Å². The van der Waals surface area contributed by atoms with Crippen molar-refractivity contribution < 1.29 is 37.4 Å². The minimum Gasteiger partial charge on any atom is -0.453 e. The summed E-state index contributed by atoms with van der Waals surface area (Å²) >= 11 is 0. The molecule has 4 unspecified atom stereocenters. The molecule has 0 bridgehead atoms. The van der Waals surface area contributed by atoms with Crippen LogP contribution in [-0.2, 0) is 19.1 Å². The minimum absolute atomic E-state index is 0.0758. The van der Waals surface area contributed by atoms with Crippen molar-refractivity contribution in [2.75, 3.05) is 27.2 Å². The summed E-state index contributed by atoms with van der Waals surface area (Å²) in [7, 11) is 2.59. The lowest BCUT2D eigenvalue weighted by Crippen LogP contribution is -2.47. The minimum atomic E-state index is -1.24. The molecule has 6 atom stereocenters. The highest BCUT2D eigenvalue weighted by Crippen LogP contribution is 2.36. The number of aromatic nitrogens is 4. The van der Waals surface area contributed by atoms with Crippen molar-refractivity contribution in [2.24, 2.45) is 0 Å². The van der Waals surface area contributed by atoms with Gasteiger partial charge in [0, 0.05) is 19.9 Å². The van der Waals surface area contributed by atoms with Crippen LogP contribution in [0.15, 0.2) is 60.9 Å². The molecule has 52 heavy (non-hydrogen) atoms. The maximum Gasteiger partial charge on any atom is 0.407 e. The number of carbonyl (C=O) groups excluding carboxylic acids is 4. The van der Waals surface area contributed by atoms with Crippen LogP contribution in [0, 0.1) is 0 Å². The van der Waals surface area contributed by atoms with Gasteiger partial charge in [0.25, 0.3) is 5.91 Å². The monoisotopic (exact) mass is 718 g/mol. The van der Waals surface area contributed by atoms with Crippen LogP contribution < -0.4 is 10.6 Å². The average Bonchev–Trinajstić information content (AvgIpc) is 3.97. The third kappa shape index (κ3) is 7.60. The van der Waals surface area contributed by atoms with Crippen LogP contribution in [0.25, 0.3) is 33.6 Å². The molecule has 0 aliphatic carbocycles. The number of aromatic amines is 2. The highest BCUT2D eigenvalue weighted by Gasteiger charge is 2.41. The standard InChI is InChI=1S/C36H40F2N8O6/c1-19(42-36(50)51-4)33(47)45-17-25(37)13-29(45)31-40-15-27(43-31)23-9-5-21(6-10-23)22-7-11-24(12-8-22)28-16-41-32(44-28)30-14-26(38)18-46(30)34(48)20(2)52-35(49)39-3/h5-12,15-16,19-20,25-26,29-30H,13-14,17-18H2,1-4H3,(H,39,49)(H,40,43)(H,41,44)(H,42,50)/t19-,20-,25?,26?,29?,30?/m0/s1. The molecular weight excluding hydrogens is 678 g/mol. The molecule has 4 N–H and O–H groups in total. The summed E-state index contributed by atoms with van der Waals surface area (Å²) in [6.07, 6.45) is -1.58. The first-order chi connectivity index (χ1) is 24.9. The molecule has 4 aromatic rings. The van der Waals surface area contributed by atoms with Crippen LogP contribution in [0.1, 0.15) is 50.4 Å². The zero-order valence-corrected chi connectivity index (χ0v) is 29.1. The normalized spacial score (nSPS) is 21.0. The summed E-state index contributed by atoms with van der Waals surface area (Å²) in [5.74, 6) is -0.0331. The van der Waals surface area contributed by atoms with E-state index in [0.717, 1.165) is 22.3 Å². The quantitative estimate of drug-likeness (QED) is 0.190. The molecule has 2 aromatic heterocycles. The average molecular weight is 719 g/mol. The number of halogens is 2. The lowest BCUT2D eigenvalue weighted by atomic mass is 10.0. The number of nitrogens with zero attached hydrogens (tertiary/aromatic N) is 4. The van der Waals surface area contributed by atoms with Crippen LogP contribution in [0.4, 0.5) is 18.4 Å². The molecule has 0 radical (unpaired) electrons. The van der Waals surface area contributed by atoms with Gasteiger partial charge < -0.3 is 39.9 Å². The van der Waals surface area contributed by atoms with E-state index in [9.17, 15) is 28.0 Å². The molecule has 274 valence electrons. The van der Waals surface area contributed by atoms with E-state index in [0.29, 0.717) is 23.0 Å². The van der Waals surface area contributed by atoms with Gasteiger partial charge in [-0.1, -0.05) is 48.5 Å². The van der Waals surface area contributed by atoms with Gasteiger partial charge in [-0.05, 0) is 36.1 Å². The number of rotatable bonds is 9. The number of H-pyrrole nitrogens is 2. The highest BCUT2D eigenvalue weighted by molar-refractivity contribution is 5.86. The maximum atomic E-state index is 14.5. The second-order valence-corrected chi connectivity index (χ2v) is 12.9. The number of benzene rings is 2. The predicted octanol–water partition coefficient (Wildman–Crippen LogP) is 4.85. The smallest absolute Gasteiger partial charge is 0.407 e. The Balaban J connectivity index is 1.11. The number of alkyl carbamates (subject to hydrolysis) is 2. The molecule has 4 amide bonds. The molecule has 0 saturated carbocycles. The van der Waals surface area contributed by atoms with Crippen LogP contribution in [0.2, 0.25) is 0 Å². The van der Waals surface area contributed by atoms with Crippen LogP contribution in [0.5, 0.6) is 0 Å². The zero-order chi connectivity index (χ0) is 37.1. The lowest BCUT2D eigenvalue weighted by molar-refractivity contribution is -0.140. The second kappa shape index (κ2) is 15.2. The Morgan fingerprint density at radius 2 is 1.19 bits per heavy atom. The zero-order valence-electron chi connectivity index (χ0n) is 29.1. The van der Waals surface area contributed by atoms with Crippen LogP contribution in [-0.4, -0.2) is 105 Å². The van der Waals surface area contributed by atoms with Gasteiger partial charge in [0.2, 0.25) is 5.91 Å². The van der Waals surface area contributed by atoms with Gasteiger partial charge in [0.1, 0.15) is 30.0 Å². The predicted molar refractivity (Wildman–Crippen MR) is 185 cm³/mol. The van der Waals surface area contributed by atoms with E-state index in [4.69, 9.17) is 4.74 Å². The molecule has 2 aliphatic heterocycles. The van der Waals surface area contributed by atoms with Crippen LogP contribution in [0.3, 0.4) is 0 Å². The summed E-state index contributed by atoms with van der Waals surface area (Å²) < 4.78 is 38.7. The molecule has 2 aliphatic rings. The third-order valence-corrected chi connectivity index (χ3v) is 9.34. The van der Waals surface area contributed by atoms with Crippen LogP contribution >= 0.6 is 0 Å². The Morgan fingerprint density at radius 3 is 1.63 bits per heavy atom. The molecule has 4 heterocycles. The summed E-state index contributed by atoms with van der Waals surface area (Å²) in [5, 5.41) is 4.74. The number of nitrogens with one attached hydrogen (secondary N) is 4. The number of carbonyl (C=O) groups is 4. The first-order valence-corrected chi connectivity index (χ1v) is 16.9. The van der Waals surface area contributed by atoms with Gasteiger partial charge in [0.05, 0.1) is 56.1 Å². The Labute approximate surface area is 298 Å². The van der Waals surface area contributed by atoms with Crippen molar-refractivity contribution >= 4 is 24.0 Å². The third-order valence-electron chi connectivity index (χ3n) is 9.34. The molecule has 2 aromatic carbocycles. The second-order valence-electron chi connectivity index (χ2n) is 12.9. The summed E-state index contributed by atoms with van der Waals surface area (Å²) in [6, 6.07) is 13.5. The molecular formula is C36H40F2N8O6. The first-order valence-electron chi connectivity index (χ1n) is 16.9. The Hall–Kier alpha value is -5.80. The number of methoxy groups -OCH3 is 1. The van der Waals surface area contributed by atoms with E-state index in [2.05, 4.69) is 35.3 Å². The van der Waals surface area contributed by atoms with Gasteiger partial charge in [0.15, 0.2) is 6.10 Å². The molecule has 6 rings (SSSR count). The van der Waals surface area contributed by atoms with Gasteiger partial charge >= 0.3 is 12.2 Å². The van der Waals surface area contributed by atoms with Crippen molar-refractivity contribution in [2.45, 2.75) is 63.3 Å². The largest absolute Gasteiger partial charge is 0.453 e. The Kier molecular flexibility index (Phi) is 10.5. The van der Waals surface area contributed by atoms with Crippen molar-refractivity contribution in [1.82, 2.24) is 40.4 Å². The molecule has 16 heteroatoms. The first kappa shape index (κ1) is 36.0. The number of amides is 4. The van der Waals surface area contributed by atoms with E-state index in [1.165, 1.54) is 37.8 Å². The Morgan fingerprint density at radius 1 is 0.750 bits per heavy atom. The van der Waals surface area contributed by atoms with Crippen molar-refractivity contribution in [3.05, 3.63) is 72.6 Å². The number of hydrogen-bond acceptors (Lipinski definition) is 8. The number of hydrogen-bond donors (Lipinski definition) is 4. The SMILES string of the molecule is CNC(=O)O[C@@H](C)C(=O)N1CC(F)CC1c1ncc(-c2ccc(-c3ccc(-c4cnc(C5CC(F)CN5C(=O)[C@H](C)NC(=O)OC)[nH]4)cc3)cc2)[nH]1. The highest BCUT2D eigenvalue weighted by atomic mass is 19.1. The van der Waals surface area contributed by atoms with E-state index in [1.54, 1.807) is 12.4 Å². The number of ether oxygens (including phenoxy) is 2. The summed E-state index contributed by atoms with van der Waals surface area (Å²) in [6.45, 7) is 2.75. The number of imidazole rings is 2. The molecule has 0 spiro atoms. The molecule has 2 saturated heterocycles. The van der Waals surface area contributed by atoms with E-state index >= 15 is 0 Å². The van der Waals surface area contributed by atoms with Crippen molar-refractivity contribution in [1.29, 1.82) is 0 Å². The van der Waals surface area contributed by atoms with E-state index < -0.39 is 60.6 Å². The van der Waals surface area contributed by atoms with Gasteiger partial charge in [-0.3, -0.25) is 9.59 Å². The summed E-state index contributed by atoms with van der Waals surface area (Å²) in [4.78, 5) is 67.4. The van der Waals surface area contributed by atoms with E-state index in [-0.39, 0.29) is 25.9 Å². The fourth-order valence-corrected chi connectivity index (χ4v) is 6.61. The van der Waals surface area contributed by atoms with Gasteiger partial charge in [-0.2, -0.15) is 0 Å². The fourth-order valence-electron chi connectivity index (χ4n) is 6.61. The van der Waals surface area contributed by atoms with Crippen molar-refractivity contribution in [3.8, 4) is 33.6 Å². The number of likely N-dealkylation sites (tertiary alicyclic amines) is 2. The molecule has 2 fully saturated rings. The number of alkyl halides is 2. The van der Waals surface area contributed by atoms with Gasteiger partial charge in [-0.25, -0.2) is 28.3 Å².